The van der Waals surface area contributed by atoms with Crippen LogP contribution in [0.5, 0.6) is 5.75 Å². The van der Waals surface area contributed by atoms with E-state index in [0.29, 0.717) is 19.0 Å². The molecule has 0 spiro atoms. The van der Waals surface area contributed by atoms with Crippen LogP contribution < -0.4 is 10.1 Å². The maximum Gasteiger partial charge on any atom is 0.269 e. The summed E-state index contributed by atoms with van der Waals surface area (Å²) in [6.45, 7) is 1.14. The molecular weight excluding hydrogens is 447 g/mol. The molecule has 0 aliphatic carbocycles. The normalized spacial score (nSPS) is 10.7. The lowest BCUT2D eigenvalue weighted by molar-refractivity contribution is -0.384. The molecule has 0 radical (unpaired) electrons. The molecule has 2 aromatic carbocycles. The molecule has 1 N–H and O–H groups in total. The average molecular weight is 470 g/mol. The van der Waals surface area contributed by atoms with E-state index in [0.717, 1.165) is 16.9 Å². The van der Waals surface area contributed by atoms with Crippen LogP contribution in [0, 0.1) is 10.1 Å². The first-order chi connectivity index (χ1) is 12.0. The summed E-state index contributed by atoms with van der Waals surface area (Å²) in [6.07, 6.45) is 0. The van der Waals surface area contributed by atoms with Crippen LogP contribution in [0.2, 0.25) is 0 Å². The fourth-order valence-electron chi connectivity index (χ4n) is 2.43. The molecular formula is C18H23IN4O3. The fourth-order valence-corrected chi connectivity index (χ4v) is 2.43. The van der Waals surface area contributed by atoms with E-state index < -0.39 is 4.92 Å². The zero-order valence-electron chi connectivity index (χ0n) is 15.0. The molecule has 7 nitrogen and oxygen atoms in total. The molecule has 8 heteroatoms. The highest BCUT2D eigenvalue weighted by Gasteiger charge is 2.09. The van der Waals surface area contributed by atoms with Gasteiger partial charge in [-0.05, 0) is 23.3 Å². The second-order valence-corrected chi connectivity index (χ2v) is 5.53. The lowest BCUT2D eigenvalue weighted by Crippen LogP contribution is -2.38. The van der Waals surface area contributed by atoms with Gasteiger partial charge >= 0.3 is 0 Å². The minimum atomic E-state index is -0.395. The molecule has 140 valence electrons. The first-order valence-corrected chi connectivity index (χ1v) is 7.81. The van der Waals surface area contributed by atoms with Crippen LogP contribution in [0.3, 0.4) is 0 Å². The van der Waals surface area contributed by atoms with Gasteiger partial charge in [-0.25, -0.2) is 0 Å². The number of hydrogen-bond acceptors (Lipinski definition) is 4. The third kappa shape index (κ3) is 6.17. The van der Waals surface area contributed by atoms with Crippen LogP contribution in [0.1, 0.15) is 11.1 Å². The van der Waals surface area contributed by atoms with Crippen molar-refractivity contribution in [1.29, 1.82) is 0 Å². The monoisotopic (exact) mass is 470 g/mol. The Morgan fingerprint density at radius 3 is 2.50 bits per heavy atom. The summed E-state index contributed by atoms with van der Waals surface area (Å²) in [4.78, 5) is 16.7. The second kappa shape index (κ2) is 10.6. The van der Waals surface area contributed by atoms with E-state index in [4.69, 9.17) is 4.74 Å². The lowest BCUT2D eigenvalue weighted by Gasteiger charge is -2.22. The van der Waals surface area contributed by atoms with Crippen molar-refractivity contribution < 1.29 is 9.66 Å². The number of halogens is 1. The zero-order chi connectivity index (χ0) is 18.2. The molecule has 0 aliphatic rings. The number of nitro benzene ring substituents is 1. The molecule has 0 saturated heterocycles. The Balaban J connectivity index is 0.00000338. The highest BCUT2D eigenvalue weighted by Crippen LogP contribution is 2.14. The smallest absolute Gasteiger partial charge is 0.269 e. The van der Waals surface area contributed by atoms with E-state index in [9.17, 15) is 10.1 Å². The number of benzene rings is 2. The van der Waals surface area contributed by atoms with Gasteiger partial charge in [0.2, 0.25) is 0 Å². The largest absolute Gasteiger partial charge is 0.497 e. The Hall–Kier alpha value is -2.36. The van der Waals surface area contributed by atoms with E-state index in [2.05, 4.69) is 10.3 Å². The molecule has 0 bridgehead atoms. The Kier molecular flexibility index (Phi) is 8.83. The number of aliphatic imine (C=N–C) groups is 1. The third-order valence-electron chi connectivity index (χ3n) is 3.72. The summed E-state index contributed by atoms with van der Waals surface area (Å²) in [5.74, 6) is 1.53. The van der Waals surface area contributed by atoms with E-state index in [-0.39, 0.29) is 29.7 Å². The first kappa shape index (κ1) is 21.7. The number of hydrogen-bond donors (Lipinski definition) is 1. The third-order valence-corrected chi connectivity index (χ3v) is 3.72. The fraction of sp³-hybridized carbons (Fsp3) is 0.278. The molecule has 0 aliphatic heterocycles. The van der Waals surface area contributed by atoms with E-state index in [1.165, 1.54) is 6.07 Å². The molecule has 2 rings (SSSR count). The molecule has 0 fully saturated rings. The van der Waals surface area contributed by atoms with Gasteiger partial charge in [0.1, 0.15) is 5.75 Å². The number of nitro groups is 1. The van der Waals surface area contributed by atoms with Crippen LogP contribution in [-0.4, -0.2) is 37.0 Å². The molecule has 0 unspecified atom stereocenters. The maximum absolute atomic E-state index is 10.8. The van der Waals surface area contributed by atoms with Crippen molar-refractivity contribution >= 4 is 35.6 Å². The topological polar surface area (TPSA) is 80.0 Å². The van der Waals surface area contributed by atoms with Gasteiger partial charge in [-0.3, -0.25) is 15.1 Å². The van der Waals surface area contributed by atoms with Crippen molar-refractivity contribution in [2.75, 3.05) is 21.2 Å². The number of non-ortho nitro benzene ring substituents is 1. The number of nitrogens with zero attached hydrogens (tertiary/aromatic N) is 3. The van der Waals surface area contributed by atoms with E-state index in [1.807, 2.05) is 42.3 Å². The van der Waals surface area contributed by atoms with Crippen molar-refractivity contribution in [2.24, 2.45) is 4.99 Å². The molecule has 0 saturated carbocycles. The van der Waals surface area contributed by atoms with Crippen molar-refractivity contribution in [2.45, 2.75) is 13.1 Å². The maximum atomic E-state index is 10.8. The number of ether oxygens (including phenoxy) is 1. The number of guanidine groups is 1. The van der Waals surface area contributed by atoms with Crippen LogP contribution in [0.4, 0.5) is 5.69 Å². The summed E-state index contributed by atoms with van der Waals surface area (Å²) in [5, 5.41) is 14.1. The second-order valence-electron chi connectivity index (χ2n) is 5.53. The number of nitrogens with one attached hydrogen (secondary N) is 1. The number of rotatable bonds is 6. The van der Waals surface area contributed by atoms with Gasteiger partial charge in [-0.2, -0.15) is 0 Å². The summed E-state index contributed by atoms with van der Waals surface area (Å²) in [6, 6.07) is 14.4. The standard InChI is InChI=1S/C18H22N4O3.HI/c1-19-18(20-12-15-5-4-6-16(11-15)22(23)24)21(2)13-14-7-9-17(25-3)10-8-14;/h4-11H,12-13H2,1-3H3,(H,19,20);1H. The number of methoxy groups -OCH3 is 1. The Bertz CT molecular complexity index is 750. The molecule has 2 aromatic rings. The highest BCUT2D eigenvalue weighted by atomic mass is 127. The Morgan fingerprint density at radius 1 is 1.23 bits per heavy atom. The van der Waals surface area contributed by atoms with E-state index >= 15 is 0 Å². The Morgan fingerprint density at radius 2 is 1.92 bits per heavy atom. The van der Waals surface area contributed by atoms with Crippen LogP contribution in [0.25, 0.3) is 0 Å². The predicted octanol–water partition coefficient (Wildman–Crippen LogP) is 3.43. The summed E-state index contributed by atoms with van der Waals surface area (Å²) in [7, 11) is 5.29. The van der Waals surface area contributed by atoms with Crippen LogP contribution >= 0.6 is 24.0 Å². The van der Waals surface area contributed by atoms with Gasteiger partial charge in [-0.1, -0.05) is 24.3 Å². The predicted molar refractivity (Wildman–Crippen MR) is 113 cm³/mol. The molecule has 26 heavy (non-hydrogen) atoms. The van der Waals surface area contributed by atoms with Crippen molar-refractivity contribution in [3.8, 4) is 5.75 Å². The van der Waals surface area contributed by atoms with Gasteiger partial charge in [-0.15, -0.1) is 24.0 Å². The molecule has 0 atom stereocenters. The minimum Gasteiger partial charge on any atom is -0.497 e. The highest BCUT2D eigenvalue weighted by molar-refractivity contribution is 14.0. The van der Waals surface area contributed by atoms with E-state index in [1.54, 1.807) is 26.3 Å². The van der Waals surface area contributed by atoms with Crippen molar-refractivity contribution in [3.05, 3.63) is 69.8 Å². The van der Waals surface area contributed by atoms with Crippen molar-refractivity contribution in [1.82, 2.24) is 10.2 Å². The zero-order valence-corrected chi connectivity index (χ0v) is 17.3. The average Bonchev–Trinajstić information content (AvgIpc) is 2.63. The summed E-state index contributed by atoms with van der Waals surface area (Å²) in [5.41, 5.74) is 2.04. The van der Waals surface area contributed by atoms with Gasteiger partial charge in [0, 0.05) is 39.3 Å². The van der Waals surface area contributed by atoms with Gasteiger partial charge in [0.15, 0.2) is 5.96 Å². The summed E-state index contributed by atoms with van der Waals surface area (Å²) < 4.78 is 5.16. The van der Waals surface area contributed by atoms with Gasteiger partial charge in [0.25, 0.3) is 5.69 Å². The van der Waals surface area contributed by atoms with Crippen molar-refractivity contribution in [3.63, 3.8) is 0 Å². The quantitative estimate of drug-likeness (QED) is 0.230. The lowest BCUT2D eigenvalue weighted by atomic mass is 10.2. The molecule has 0 aromatic heterocycles. The molecule has 0 heterocycles. The minimum absolute atomic E-state index is 0. The SMILES string of the molecule is CN=C(NCc1cccc([N+](=O)[O-])c1)N(C)Cc1ccc(OC)cc1.I. The van der Waals surface area contributed by atoms with Gasteiger partial charge < -0.3 is 15.0 Å². The van der Waals surface area contributed by atoms with Crippen LogP contribution in [0.15, 0.2) is 53.5 Å². The summed E-state index contributed by atoms with van der Waals surface area (Å²) >= 11 is 0. The van der Waals surface area contributed by atoms with Crippen LogP contribution in [-0.2, 0) is 13.1 Å². The van der Waals surface area contributed by atoms with Gasteiger partial charge in [0.05, 0.1) is 12.0 Å². The Labute approximate surface area is 170 Å². The molecule has 0 amide bonds. The first-order valence-electron chi connectivity index (χ1n) is 7.81.